The summed E-state index contributed by atoms with van der Waals surface area (Å²) in [6.45, 7) is 0. The first-order valence-electron chi connectivity index (χ1n) is 12.7. The second kappa shape index (κ2) is 14.5. The van der Waals surface area contributed by atoms with Gasteiger partial charge in [-0.2, -0.15) is 0 Å². The van der Waals surface area contributed by atoms with Crippen molar-refractivity contribution in [1.82, 2.24) is 5.32 Å². The van der Waals surface area contributed by atoms with Crippen LogP contribution in [0.2, 0.25) is 0 Å². The Morgan fingerprint density at radius 3 is 2.31 bits per heavy atom. The number of methoxy groups -OCH3 is 2. The van der Waals surface area contributed by atoms with Crippen LogP contribution in [0, 0.1) is 5.82 Å². The summed E-state index contributed by atoms with van der Waals surface area (Å²) in [5.74, 6) is -0.541. The van der Waals surface area contributed by atoms with E-state index in [1.54, 1.807) is 66.7 Å². The Morgan fingerprint density at radius 2 is 1.60 bits per heavy atom. The molecule has 0 aliphatic heterocycles. The lowest BCUT2D eigenvalue weighted by molar-refractivity contribution is -0.114. The van der Waals surface area contributed by atoms with Gasteiger partial charge in [-0.1, -0.05) is 36.4 Å². The number of amides is 3. The van der Waals surface area contributed by atoms with E-state index in [1.807, 2.05) is 6.07 Å². The van der Waals surface area contributed by atoms with E-state index in [2.05, 4.69) is 16.0 Å². The number of carbonyl (C=O) groups excluding carboxylic acids is 3. The van der Waals surface area contributed by atoms with Crippen LogP contribution in [0.3, 0.4) is 0 Å². The van der Waals surface area contributed by atoms with Gasteiger partial charge in [0.2, 0.25) is 5.91 Å². The summed E-state index contributed by atoms with van der Waals surface area (Å²) < 4.78 is 23.9. The van der Waals surface area contributed by atoms with E-state index in [0.717, 1.165) is 4.90 Å². The second-order valence-electron chi connectivity index (χ2n) is 8.81. The van der Waals surface area contributed by atoms with Crippen molar-refractivity contribution < 1.29 is 28.2 Å². The molecule has 10 heteroatoms. The van der Waals surface area contributed by atoms with Crippen molar-refractivity contribution in [3.8, 4) is 11.5 Å². The highest BCUT2D eigenvalue weighted by atomic mass is 32.2. The van der Waals surface area contributed by atoms with Crippen LogP contribution in [-0.4, -0.2) is 37.7 Å². The average Bonchev–Trinajstić information content (AvgIpc) is 3.01. The standard InChI is InChI=1S/C32H28FN3O5S/c1-40-25-15-16-29(41-2)27(19-25)35-30(37)20-42-26-10-6-9-24(18-26)34-32(39)28(17-21-11-13-23(33)14-12-21)36-31(38)22-7-4-3-5-8-22/h3-19H,20H2,1-2H3,(H,34,39)(H,35,37)(H,36,38)/b28-17-. The van der Waals surface area contributed by atoms with E-state index in [-0.39, 0.29) is 17.4 Å². The molecular weight excluding hydrogens is 557 g/mol. The maximum Gasteiger partial charge on any atom is 0.272 e. The van der Waals surface area contributed by atoms with Crippen molar-refractivity contribution in [2.45, 2.75) is 4.90 Å². The summed E-state index contributed by atoms with van der Waals surface area (Å²) >= 11 is 1.28. The molecule has 0 atom stereocenters. The summed E-state index contributed by atoms with van der Waals surface area (Å²) in [5, 5.41) is 8.26. The molecular formula is C32H28FN3O5S. The number of nitrogens with one attached hydrogen (secondary N) is 3. The maximum atomic E-state index is 13.4. The Labute approximate surface area is 246 Å². The zero-order chi connectivity index (χ0) is 29.9. The number of thioether (sulfide) groups is 1. The highest BCUT2D eigenvalue weighted by Crippen LogP contribution is 2.29. The largest absolute Gasteiger partial charge is 0.497 e. The van der Waals surface area contributed by atoms with Gasteiger partial charge in [0.05, 0.1) is 25.7 Å². The molecule has 0 radical (unpaired) electrons. The average molecular weight is 586 g/mol. The quantitative estimate of drug-likeness (QED) is 0.148. The Bertz CT molecular complexity index is 1590. The minimum Gasteiger partial charge on any atom is -0.497 e. The molecule has 0 saturated heterocycles. The molecule has 0 unspecified atom stereocenters. The molecule has 0 aliphatic rings. The molecule has 3 amide bonds. The fourth-order valence-electron chi connectivity index (χ4n) is 3.78. The minimum atomic E-state index is -0.575. The fraction of sp³-hybridized carbons (Fsp3) is 0.0938. The van der Waals surface area contributed by atoms with Crippen molar-refractivity contribution in [1.29, 1.82) is 0 Å². The zero-order valence-corrected chi connectivity index (χ0v) is 23.7. The Kier molecular flexibility index (Phi) is 10.3. The molecule has 214 valence electrons. The van der Waals surface area contributed by atoms with Gasteiger partial charge in [-0.3, -0.25) is 14.4 Å². The number of anilines is 2. The predicted octanol–water partition coefficient (Wildman–Crippen LogP) is 5.98. The van der Waals surface area contributed by atoms with Crippen LogP contribution < -0.4 is 25.4 Å². The number of rotatable bonds is 11. The van der Waals surface area contributed by atoms with Crippen LogP contribution in [0.5, 0.6) is 11.5 Å². The van der Waals surface area contributed by atoms with Crippen molar-refractivity contribution >= 4 is 46.9 Å². The topological polar surface area (TPSA) is 106 Å². The first kappa shape index (κ1) is 29.9. The SMILES string of the molecule is COc1ccc(OC)c(NC(=O)CSc2cccc(NC(=O)/C(=C/c3ccc(F)cc3)NC(=O)c3ccccc3)c2)c1. The number of hydrogen-bond donors (Lipinski definition) is 3. The fourth-order valence-corrected chi connectivity index (χ4v) is 4.53. The normalized spacial score (nSPS) is 10.9. The van der Waals surface area contributed by atoms with Crippen molar-refractivity contribution in [2.24, 2.45) is 0 Å². The van der Waals surface area contributed by atoms with Gasteiger partial charge in [-0.15, -0.1) is 11.8 Å². The van der Waals surface area contributed by atoms with E-state index in [1.165, 1.54) is 56.3 Å². The van der Waals surface area contributed by atoms with Gasteiger partial charge < -0.3 is 25.4 Å². The molecule has 0 aliphatic carbocycles. The summed E-state index contributed by atoms with van der Waals surface area (Å²) in [7, 11) is 3.05. The highest BCUT2D eigenvalue weighted by Gasteiger charge is 2.16. The van der Waals surface area contributed by atoms with Crippen LogP contribution in [-0.2, 0) is 9.59 Å². The molecule has 0 spiro atoms. The van der Waals surface area contributed by atoms with Gasteiger partial charge in [0.15, 0.2) is 0 Å². The number of carbonyl (C=O) groups is 3. The second-order valence-corrected chi connectivity index (χ2v) is 9.86. The molecule has 4 aromatic carbocycles. The lowest BCUT2D eigenvalue weighted by Gasteiger charge is -2.13. The van der Waals surface area contributed by atoms with Crippen LogP contribution in [0.15, 0.2) is 108 Å². The Morgan fingerprint density at radius 1 is 0.833 bits per heavy atom. The number of ether oxygens (including phenoxy) is 2. The highest BCUT2D eigenvalue weighted by molar-refractivity contribution is 8.00. The van der Waals surface area contributed by atoms with E-state index in [9.17, 15) is 18.8 Å². The van der Waals surface area contributed by atoms with Gasteiger partial charge in [0, 0.05) is 22.2 Å². The Hall–Kier alpha value is -5.09. The molecule has 0 heterocycles. The predicted molar refractivity (Wildman–Crippen MR) is 162 cm³/mol. The number of benzene rings is 4. The van der Waals surface area contributed by atoms with Gasteiger partial charge in [-0.25, -0.2) is 4.39 Å². The Balaban J connectivity index is 1.44. The molecule has 0 saturated carbocycles. The first-order valence-corrected chi connectivity index (χ1v) is 13.7. The number of halogens is 1. The molecule has 3 N–H and O–H groups in total. The van der Waals surface area contributed by atoms with Crippen LogP contribution in [0.4, 0.5) is 15.8 Å². The summed E-state index contributed by atoms with van der Waals surface area (Å²) in [6, 6.07) is 26.1. The molecule has 0 aromatic heterocycles. The molecule has 0 fully saturated rings. The lowest BCUT2D eigenvalue weighted by atomic mass is 10.1. The van der Waals surface area contributed by atoms with Crippen LogP contribution >= 0.6 is 11.8 Å². The van der Waals surface area contributed by atoms with Crippen molar-refractivity contribution in [3.63, 3.8) is 0 Å². The summed E-state index contributed by atoms with van der Waals surface area (Å²) in [4.78, 5) is 39.5. The van der Waals surface area contributed by atoms with Crippen LogP contribution in [0.25, 0.3) is 6.08 Å². The van der Waals surface area contributed by atoms with Gasteiger partial charge in [0.1, 0.15) is 23.0 Å². The third kappa shape index (κ3) is 8.45. The minimum absolute atomic E-state index is 0.0277. The molecule has 4 aromatic rings. The van der Waals surface area contributed by atoms with E-state index >= 15 is 0 Å². The van der Waals surface area contributed by atoms with E-state index < -0.39 is 17.6 Å². The van der Waals surface area contributed by atoms with E-state index in [0.29, 0.717) is 34.0 Å². The van der Waals surface area contributed by atoms with Crippen molar-refractivity contribution in [2.75, 3.05) is 30.6 Å². The molecule has 42 heavy (non-hydrogen) atoms. The third-order valence-corrected chi connectivity index (χ3v) is 6.85. The summed E-state index contributed by atoms with van der Waals surface area (Å²) in [6.07, 6.45) is 1.46. The van der Waals surface area contributed by atoms with Gasteiger partial charge in [-0.05, 0) is 66.2 Å². The lowest BCUT2D eigenvalue weighted by Crippen LogP contribution is -2.30. The maximum absolute atomic E-state index is 13.4. The monoisotopic (exact) mass is 585 g/mol. The smallest absolute Gasteiger partial charge is 0.272 e. The van der Waals surface area contributed by atoms with Gasteiger partial charge in [0.25, 0.3) is 11.8 Å². The third-order valence-electron chi connectivity index (χ3n) is 5.85. The van der Waals surface area contributed by atoms with E-state index in [4.69, 9.17) is 9.47 Å². The van der Waals surface area contributed by atoms with Crippen molar-refractivity contribution in [3.05, 3.63) is 120 Å². The zero-order valence-electron chi connectivity index (χ0n) is 22.8. The van der Waals surface area contributed by atoms with Gasteiger partial charge >= 0.3 is 0 Å². The summed E-state index contributed by atoms with van der Waals surface area (Å²) in [5.41, 5.74) is 1.82. The first-order chi connectivity index (χ1) is 20.3. The van der Waals surface area contributed by atoms with Crippen LogP contribution in [0.1, 0.15) is 15.9 Å². The number of hydrogen-bond acceptors (Lipinski definition) is 6. The molecule has 4 rings (SSSR count). The molecule has 8 nitrogen and oxygen atoms in total. The molecule has 0 bridgehead atoms.